The van der Waals surface area contributed by atoms with Crippen molar-refractivity contribution in [3.8, 4) is 0 Å². The van der Waals surface area contributed by atoms with Crippen molar-refractivity contribution in [2.75, 3.05) is 33.7 Å². The van der Waals surface area contributed by atoms with E-state index in [2.05, 4.69) is 11.9 Å². The van der Waals surface area contributed by atoms with E-state index in [1.165, 1.54) is 18.6 Å². The lowest BCUT2D eigenvalue weighted by Crippen LogP contribution is -2.48. The number of amides is 1. The molecule has 2 aliphatic rings. The molecule has 138 valence electrons. The number of nitrogens with zero attached hydrogens (tertiary/aromatic N) is 2. The maximum absolute atomic E-state index is 13.5. The largest absolute Gasteiger partial charge is 0.345 e. The molecule has 1 amide bonds. The summed E-state index contributed by atoms with van der Waals surface area (Å²) in [4.78, 5) is 17.8. The van der Waals surface area contributed by atoms with Crippen molar-refractivity contribution in [3.05, 3.63) is 35.6 Å². The standard InChI is InChI=1S/C21H31FN2O/c1-23-14-10-17(11-15-23)16-24(2)20(25)21(12-4-3-5-13-21)18-6-8-19(22)9-7-18/h6-9,17H,3-5,10-16H2,1-2H3. The third-order valence-electron chi connectivity index (χ3n) is 6.23. The SMILES string of the molecule is CN1CCC(CN(C)C(=O)C2(c3ccc(F)cc3)CCCCC2)CC1. The Hall–Kier alpha value is -1.42. The lowest BCUT2D eigenvalue weighted by Gasteiger charge is -2.40. The molecule has 0 unspecified atom stereocenters. The minimum absolute atomic E-state index is 0.234. The maximum atomic E-state index is 13.5. The molecule has 3 rings (SSSR count). The monoisotopic (exact) mass is 346 g/mol. The number of carbonyl (C=O) groups is 1. The van der Waals surface area contributed by atoms with Gasteiger partial charge >= 0.3 is 0 Å². The molecule has 1 saturated heterocycles. The third-order valence-corrected chi connectivity index (χ3v) is 6.23. The van der Waals surface area contributed by atoms with Gasteiger partial charge in [0.15, 0.2) is 0 Å². The molecule has 0 N–H and O–H groups in total. The molecule has 25 heavy (non-hydrogen) atoms. The Labute approximate surface area is 151 Å². The second-order valence-electron chi connectivity index (χ2n) is 8.08. The Morgan fingerprint density at radius 2 is 1.76 bits per heavy atom. The zero-order chi connectivity index (χ0) is 17.9. The topological polar surface area (TPSA) is 23.6 Å². The number of hydrogen-bond acceptors (Lipinski definition) is 2. The summed E-state index contributed by atoms with van der Waals surface area (Å²) >= 11 is 0. The summed E-state index contributed by atoms with van der Waals surface area (Å²) in [7, 11) is 4.12. The molecule has 1 aromatic rings. The molecule has 3 nitrogen and oxygen atoms in total. The van der Waals surface area contributed by atoms with Gasteiger partial charge in [-0.05, 0) is 69.4 Å². The normalized spacial score (nSPS) is 21.9. The van der Waals surface area contributed by atoms with Gasteiger partial charge in [0.05, 0.1) is 5.41 Å². The number of piperidine rings is 1. The van der Waals surface area contributed by atoms with Crippen LogP contribution in [0.5, 0.6) is 0 Å². The van der Waals surface area contributed by atoms with Crippen molar-refractivity contribution < 1.29 is 9.18 Å². The molecule has 1 saturated carbocycles. The molecule has 0 aromatic heterocycles. The van der Waals surface area contributed by atoms with E-state index in [-0.39, 0.29) is 11.7 Å². The summed E-state index contributed by atoms with van der Waals surface area (Å²) < 4.78 is 13.4. The van der Waals surface area contributed by atoms with Crippen LogP contribution in [0.2, 0.25) is 0 Å². The number of benzene rings is 1. The summed E-state index contributed by atoms with van der Waals surface area (Å²) in [6.07, 6.45) is 7.44. The average Bonchev–Trinajstić information content (AvgIpc) is 2.64. The molecule has 4 heteroatoms. The van der Waals surface area contributed by atoms with Crippen LogP contribution in [0.1, 0.15) is 50.5 Å². The number of carbonyl (C=O) groups excluding carboxylic acids is 1. The summed E-state index contributed by atoms with van der Waals surface area (Å²) in [5.74, 6) is 0.596. The van der Waals surface area contributed by atoms with E-state index in [4.69, 9.17) is 0 Å². The Balaban J connectivity index is 1.76. The number of halogens is 1. The van der Waals surface area contributed by atoms with Crippen molar-refractivity contribution in [1.82, 2.24) is 9.80 Å². The Morgan fingerprint density at radius 1 is 1.16 bits per heavy atom. The van der Waals surface area contributed by atoms with Crippen LogP contribution in [0.25, 0.3) is 0 Å². The highest BCUT2D eigenvalue weighted by Gasteiger charge is 2.43. The van der Waals surface area contributed by atoms with E-state index in [1.54, 1.807) is 0 Å². The highest BCUT2D eigenvalue weighted by molar-refractivity contribution is 5.88. The first-order valence-corrected chi connectivity index (χ1v) is 9.71. The first-order valence-electron chi connectivity index (χ1n) is 9.71. The van der Waals surface area contributed by atoms with Crippen LogP contribution in [0.4, 0.5) is 4.39 Å². The predicted molar refractivity (Wildman–Crippen MR) is 99.0 cm³/mol. The number of rotatable bonds is 4. The van der Waals surface area contributed by atoms with Gasteiger partial charge in [0, 0.05) is 13.6 Å². The van der Waals surface area contributed by atoms with Crippen LogP contribution in [-0.4, -0.2) is 49.4 Å². The summed E-state index contributed by atoms with van der Waals surface area (Å²) in [6, 6.07) is 6.63. The van der Waals surface area contributed by atoms with Crippen LogP contribution >= 0.6 is 0 Å². The van der Waals surface area contributed by atoms with Crippen LogP contribution < -0.4 is 0 Å². The van der Waals surface area contributed by atoms with Gasteiger partial charge in [-0.1, -0.05) is 31.4 Å². The van der Waals surface area contributed by atoms with Crippen molar-refractivity contribution >= 4 is 5.91 Å². The molecule has 1 heterocycles. The minimum Gasteiger partial charge on any atom is -0.345 e. The second-order valence-corrected chi connectivity index (χ2v) is 8.08. The summed E-state index contributed by atoms with van der Waals surface area (Å²) in [5.41, 5.74) is 0.542. The van der Waals surface area contributed by atoms with Crippen LogP contribution in [0.3, 0.4) is 0 Å². The fourth-order valence-electron chi connectivity index (χ4n) is 4.63. The van der Waals surface area contributed by atoms with E-state index < -0.39 is 5.41 Å². The zero-order valence-corrected chi connectivity index (χ0v) is 15.6. The molecule has 1 aromatic carbocycles. The number of likely N-dealkylation sites (tertiary alicyclic amines) is 1. The molecule has 2 fully saturated rings. The molecule has 1 aliphatic heterocycles. The van der Waals surface area contributed by atoms with E-state index in [0.29, 0.717) is 5.92 Å². The van der Waals surface area contributed by atoms with Gasteiger partial charge in [0.1, 0.15) is 5.82 Å². The lowest BCUT2D eigenvalue weighted by molar-refractivity contribution is -0.138. The highest BCUT2D eigenvalue weighted by atomic mass is 19.1. The average molecular weight is 346 g/mol. The first kappa shape index (κ1) is 18.4. The Bertz CT molecular complexity index is 572. The Morgan fingerprint density at radius 3 is 2.36 bits per heavy atom. The van der Waals surface area contributed by atoms with E-state index in [1.807, 2.05) is 24.1 Å². The second kappa shape index (κ2) is 7.86. The van der Waals surface area contributed by atoms with Crippen molar-refractivity contribution in [2.45, 2.75) is 50.4 Å². The van der Waals surface area contributed by atoms with Crippen molar-refractivity contribution in [1.29, 1.82) is 0 Å². The maximum Gasteiger partial charge on any atom is 0.232 e. The molecular weight excluding hydrogens is 315 g/mol. The number of hydrogen-bond donors (Lipinski definition) is 0. The quantitative estimate of drug-likeness (QED) is 0.827. The highest BCUT2D eigenvalue weighted by Crippen LogP contribution is 2.41. The van der Waals surface area contributed by atoms with Gasteiger partial charge in [0.2, 0.25) is 5.91 Å². The predicted octanol–water partition coefficient (Wildman–Crippen LogP) is 3.83. The lowest BCUT2D eigenvalue weighted by atomic mass is 9.68. The van der Waals surface area contributed by atoms with Gasteiger partial charge in [-0.15, -0.1) is 0 Å². The molecule has 1 aliphatic carbocycles. The Kier molecular flexibility index (Phi) is 5.78. The van der Waals surface area contributed by atoms with Gasteiger partial charge in [-0.3, -0.25) is 4.79 Å². The minimum atomic E-state index is -0.452. The smallest absolute Gasteiger partial charge is 0.232 e. The van der Waals surface area contributed by atoms with Crippen LogP contribution in [-0.2, 0) is 10.2 Å². The van der Waals surface area contributed by atoms with Gasteiger partial charge in [0.25, 0.3) is 0 Å². The van der Waals surface area contributed by atoms with Crippen LogP contribution in [0.15, 0.2) is 24.3 Å². The van der Waals surface area contributed by atoms with Crippen molar-refractivity contribution in [2.24, 2.45) is 5.92 Å². The van der Waals surface area contributed by atoms with Gasteiger partial charge in [-0.2, -0.15) is 0 Å². The molecule has 0 radical (unpaired) electrons. The van der Waals surface area contributed by atoms with Crippen LogP contribution in [0, 0.1) is 11.7 Å². The summed E-state index contributed by atoms with van der Waals surface area (Å²) in [5, 5.41) is 0. The van der Waals surface area contributed by atoms with E-state index >= 15 is 0 Å². The molecule has 0 spiro atoms. The fourth-order valence-corrected chi connectivity index (χ4v) is 4.63. The van der Waals surface area contributed by atoms with Gasteiger partial charge < -0.3 is 9.80 Å². The fraction of sp³-hybridized carbons (Fsp3) is 0.667. The summed E-state index contributed by atoms with van der Waals surface area (Å²) in [6.45, 7) is 3.08. The molecule has 0 bridgehead atoms. The first-order chi connectivity index (χ1) is 12.0. The molecule has 0 atom stereocenters. The molecular formula is C21H31FN2O. The van der Waals surface area contributed by atoms with E-state index in [0.717, 1.165) is 63.7 Å². The number of likely N-dealkylation sites (N-methyl/N-ethyl adjacent to an activating group) is 1. The van der Waals surface area contributed by atoms with E-state index in [9.17, 15) is 9.18 Å². The zero-order valence-electron chi connectivity index (χ0n) is 15.6. The van der Waals surface area contributed by atoms with Crippen molar-refractivity contribution in [3.63, 3.8) is 0 Å². The van der Waals surface area contributed by atoms with Gasteiger partial charge in [-0.25, -0.2) is 4.39 Å². The third kappa shape index (κ3) is 4.05.